The summed E-state index contributed by atoms with van der Waals surface area (Å²) >= 11 is 5.95. The average molecular weight is 409 g/mol. The van der Waals surface area contributed by atoms with Crippen molar-refractivity contribution in [1.29, 1.82) is 0 Å². The van der Waals surface area contributed by atoms with Crippen molar-refractivity contribution in [1.82, 2.24) is 4.90 Å². The Morgan fingerprint density at radius 2 is 1.69 bits per heavy atom. The molecule has 29 heavy (non-hydrogen) atoms. The SMILES string of the molecule is COC(=O)C1C2C(=O)N(c3ccc(Cl)cc3)C(=O)C2C2c3ccccc3C=CN12. The first kappa shape index (κ1) is 17.9. The summed E-state index contributed by atoms with van der Waals surface area (Å²) in [5.74, 6) is -2.71. The van der Waals surface area contributed by atoms with E-state index in [1.165, 1.54) is 12.0 Å². The van der Waals surface area contributed by atoms with Crippen molar-refractivity contribution in [2.24, 2.45) is 11.8 Å². The lowest BCUT2D eigenvalue weighted by molar-refractivity contribution is -0.148. The molecule has 0 radical (unpaired) electrons. The zero-order chi connectivity index (χ0) is 20.3. The summed E-state index contributed by atoms with van der Waals surface area (Å²) in [7, 11) is 1.30. The second kappa shape index (κ2) is 6.46. The molecule has 2 fully saturated rings. The Hall–Kier alpha value is -3.12. The number of nitrogens with zero attached hydrogens (tertiary/aromatic N) is 2. The number of anilines is 1. The van der Waals surface area contributed by atoms with Gasteiger partial charge in [0.05, 0.1) is 30.7 Å². The Kier molecular flexibility index (Phi) is 3.99. The Morgan fingerprint density at radius 1 is 1.00 bits per heavy atom. The summed E-state index contributed by atoms with van der Waals surface area (Å²) in [4.78, 5) is 42.5. The first-order chi connectivity index (χ1) is 14.0. The molecular weight excluding hydrogens is 392 g/mol. The van der Waals surface area contributed by atoms with Gasteiger partial charge in [-0.2, -0.15) is 0 Å². The zero-order valence-electron chi connectivity index (χ0n) is 15.5. The van der Waals surface area contributed by atoms with E-state index < -0.39 is 35.8 Å². The number of hydrogen-bond donors (Lipinski definition) is 0. The third-order valence-electron chi connectivity index (χ3n) is 5.99. The number of hydrogen-bond acceptors (Lipinski definition) is 5. The number of fused-ring (bicyclic) bond motifs is 5. The van der Waals surface area contributed by atoms with Crippen molar-refractivity contribution >= 4 is 41.1 Å². The largest absolute Gasteiger partial charge is 0.467 e. The van der Waals surface area contributed by atoms with Crippen LogP contribution in [0, 0.1) is 11.8 Å². The predicted molar refractivity (Wildman–Crippen MR) is 107 cm³/mol. The average Bonchev–Trinajstić information content (AvgIpc) is 3.21. The van der Waals surface area contributed by atoms with Crippen LogP contribution in [-0.4, -0.2) is 35.8 Å². The van der Waals surface area contributed by atoms with Crippen LogP contribution in [0.5, 0.6) is 0 Å². The van der Waals surface area contributed by atoms with E-state index in [1.807, 2.05) is 30.3 Å². The molecule has 7 heteroatoms. The van der Waals surface area contributed by atoms with E-state index in [0.29, 0.717) is 10.7 Å². The summed E-state index contributed by atoms with van der Waals surface area (Å²) in [5.41, 5.74) is 2.35. The molecule has 0 aromatic heterocycles. The van der Waals surface area contributed by atoms with Gasteiger partial charge in [-0.15, -0.1) is 0 Å². The molecule has 4 atom stereocenters. The van der Waals surface area contributed by atoms with Gasteiger partial charge in [0.2, 0.25) is 11.8 Å². The summed E-state index contributed by atoms with van der Waals surface area (Å²) in [6, 6.07) is 13.0. The quantitative estimate of drug-likeness (QED) is 0.564. The van der Waals surface area contributed by atoms with Gasteiger partial charge in [0, 0.05) is 11.2 Å². The molecule has 0 aliphatic carbocycles. The van der Waals surface area contributed by atoms with Gasteiger partial charge in [0.25, 0.3) is 0 Å². The first-order valence-corrected chi connectivity index (χ1v) is 9.66. The number of carbonyl (C=O) groups is 3. The number of methoxy groups -OCH3 is 1. The maximum atomic E-state index is 13.5. The number of benzene rings is 2. The minimum Gasteiger partial charge on any atom is -0.467 e. The normalized spacial score (nSPS) is 27.0. The van der Waals surface area contributed by atoms with Crippen LogP contribution in [-0.2, 0) is 19.1 Å². The smallest absolute Gasteiger partial charge is 0.329 e. The van der Waals surface area contributed by atoms with Crippen molar-refractivity contribution in [2.45, 2.75) is 12.1 Å². The lowest BCUT2D eigenvalue weighted by Crippen LogP contribution is -2.44. The predicted octanol–water partition coefficient (Wildman–Crippen LogP) is 3.03. The minimum absolute atomic E-state index is 0.311. The van der Waals surface area contributed by atoms with Gasteiger partial charge in [-0.05, 0) is 41.5 Å². The molecular formula is C22H17ClN2O4. The molecule has 2 amide bonds. The Labute approximate surface area is 172 Å². The number of ether oxygens (including phenoxy) is 1. The number of halogens is 1. The highest BCUT2D eigenvalue weighted by molar-refractivity contribution is 6.31. The van der Waals surface area contributed by atoms with Gasteiger partial charge < -0.3 is 9.64 Å². The van der Waals surface area contributed by atoms with Gasteiger partial charge in [0.15, 0.2) is 0 Å². The van der Waals surface area contributed by atoms with Gasteiger partial charge in [-0.3, -0.25) is 9.59 Å². The van der Waals surface area contributed by atoms with Crippen molar-refractivity contribution in [3.63, 3.8) is 0 Å². The Morgan fingerprint density at radius 3 is 2.41 bits per heavy atom. The maximum absolute atomic E-state index is 13.5. The van der Waals surface area contributed by atoms with Crippen molar-refractivity contribution < 1.29 is 19.1 Å². The number of imide groups is 1. The molecule has 5 rings (SSSR count). The van der Waals surface area contributed by atoms with Gasteiger partial charge in [-0.1, -0.05) is 35.9 Å². The number of amides is 2. The highest BCUT2D eigenvalue weighted by atomic mass is 35.5. The third-order valence-corrected chi connectivity index (χ3v) is 6.24. The summed E-state index contributed by atoms with van der Waals surface area (Å²) < 4.78 is 5.01. The fraction of sp³-hybridized carbons (Fsp3) is 0.227. The van der Waals surface area contributed by atoms with E-state index in [-0.39, 0.29) is 5.91 Å². The summed E-state index contributed by atoms with van der Waals surface area (Å²) in [6.45, 7) is 0. The van der Waals surface area contributed by atoms with Crippen LogP contribution in [0.2, 0.25) is 5.02 Å². The van der Waals surface area contributed by atoms with E-state index in [4.69, 9.17) is 16.3 Å². The monoisotopic (exact) mass is 408 g/mol. The summed E-state index contributed by atoms with van der Waals surface area (Å²) in [5, 5.41) is 0.512. The zero-order valence-corrected chi connectivity index (χ0v) is 16.2. The number of rotatable bonds is 2. The molecule has 3 aliphatic rings. The van der Waals surface area contributed by atoms with Crippen molar-refractivity contribution in [3.05, 3.63) is 70.9 Å². The Balaban J connectivity index is 1.65. The molecule has 6 nitrogen and oxygen atoms in total. The molecule has 2 saturated heterocycles. The molecule has 3 aliphatic heterocycles. The highest BCUT2D eigenvalue weighted by Crippen LogP contribution is 2.53. The van der Waals surface area contributed by atoms with Crippen LogP contribution < -0.4 is 4.90 Å². The second-order valence-electron chi connectivity index (χ2n) is 7.34. The fourth-order valence-corrected chi connectivity index (χ4v) is 4.92. The number of esters is 1. The molecule has 0 saturated carbocycles. The summed E-state index contributed by atoms with van der Waals surface area (Å²) in [6.07, 6.45) is 3.69. The van der Waals surface area contributed by atoms with Crippen LogP contribution in [0.4, 0.5) is 5.69 Å². The standard InChI is InChI=1S/C22H17ClN2O4/c1-29-22(28)19-17-16(18-15-5-3-2-4-12(15)10-11-24(18)19)20(26)25(21(17)27)14-8-6-13(23)7-9-14/h2-11,16-19H,1H3. The van der Waals surface area contributed by atoms with E-state index >= 15 is 0 Å². The third kappa shape index (κ3) is 2.45. The molecule has 2 aromatic carbocycles. The van der Waals surface area contributed by atoms with Gasteiger partial charge in [-0.25, -0.2) is 9.69 Å². The molecule has 0 spiro atoms. The topological polar surface area (TPSA) is 66.9 Å². The molecule has 0 bridgehead atoms. The van der Waals surface area contributed by atoms with Gasteiger partial charge in [0.1, 0.15) is 6.04 Å². The second-order valence-corrected chi connectivity index (χ2v) is 7.78. The Bertz CT molecular complexity index is 1060. The van der Waals surface area contributed by atoms with Crippen LogP contribution in [0.15, 0.2) is 54.7 Å². The van der Waals surface area contributed by atoms with E-state index in [2.05, 4.69) is 0 Å². The highest BCUT2D eigenvalue weighted by Gasteiger charge is 2.65. The first-order valence-electron chi connectivity index (χ1n) is 9.28. The molecule has 0 N–H and O–H groups in total. The number of carbonyl (C=O) groups excluding carboxylic acids is 3. The molecule has 2 aromatic rings. The van der Waals surface area contributed by atoms with Crippen LogP contribution in [0.1, 0.15) is 17.2 Å². The van der Waals surface area contributed by atoms with Crippen LogP contribution in [0.25, 0.3) is 6.08 Å². The van der Waals surface area contributed by atoms with E-state index in [9.17, 15) is 14.4 Å². The van der Waals surface area contributed by atoms with Gasteiger partial charge >= 0.3 is 5.97 Å². The molecule has 146 valence electrons. The van der Waals surface area contributed by atoms with Crippen molar-refractivity contribution in [3.8, 4) is 0 Å². The van der Waals surface area contributed by atoms with Crippen molar-refractivity contribution in [2.75, 3.05) is 12.0 Å². The maximum Gasteiger partial charge on any atom is 0.329 e. The minimum atomic E-state index is -0.853. The van der Waals surface area contributed by atoms with E-state index in [0.717, 1.165) is 11.1 Å². The van der Waals surface area contributed by atoms with Crippen LogP contribution >= 0.6 is 11.6 Å². The molecule has 3 heterocycles. The van der Waals surface area contributed by atoms with Crippen LogP contribution in [0.3, 0.4) is 0 Å². The fourth-order valence-electron chi connectivity index (χ4n) is 4.79. The molecule has 4 unspecified atom stereocenters. The van der Waals surface area contributed by atoms with E-state index in [1.54, 1.807) is 35.4 Å². The lowest BCUT2D eigenvalue weighted by Gasteiger charge is -2.34. The lowest BCUT2D eigenvalue weighted by atomic mass is 9.84.